The van der Waals surface area contributed by atoms with E-state index in [9.17, 15) is 10.1 Å². The molecule has 1 aromatic carbocycles. The van der Waals surface area contributed by atoms with Crippen LogP contribution in [0.1, 0.15) is 5.56 Å². The number of benzene rings is 1. The summed E-state index contributed by atoms with van der Waals surface area (Å²) < 4.78 is 1.86. The lowest BCUT2D eigenvalue weighted by Gasteiger charge is -1.96. The number of fused-ring (bicyclic) bond motifs is 1. The molecule has 0 unspecified atom stereocenters. The van der Waals surface area contributed by atoms with Crippen molar-refractivity contribution in [3.05, 3.63) is 37.7 Å². The maximum absolute atomic E-state index is 10.7. The van der Waals surface area contributed by atoms with Gasteiger partial charge in [0, 0.05) is 9.17 Å². The summed E-state index contributed by atoms with van der Waals surface area (Å²) in [7, 11) is 0. The van der Waals surface area contributed by atoms with Crippen molar-refractivity contribution < 1.29 is 4.92 Å². The summed E-state index contributed by atoms with van der Waals surface area (Å²) in [6.07, 6.45) is 0. The zero-order valence-electron chi connectivity index (χ0n) is 7.28. The van der Waals surface area contributed by atoms with Crippen LogP contribution in [0.25, 0.3) is 10.1 Å². The van der Waals surface area contributed by atoms with Crippen molar-refractivity contribution in [3.8, 4) is 0 Å². The van der Waals surface area contributed by atoms with Crippen molar-refractivity contribution in [2.45, 2.75) is 6.92 Å². The third-order valence-electron chi connectivity index (χ3n) is 2.00. The Morgan fingerprint density at radius 2 is 2.21 bits per heavy atom. The van der Waals surface area contributed by atoms with Crippen LogP contribution in [-0.4, -0.2) is 4.92 Å². The predicted molar refractivity (Wildman–Crippen MR) is 60.9 cm³/mol. The molecule has 0 saturated carbocycles. The highest BCUT2D eigenvalue weighted by Gasteiger charge is 2.15. The number of nitro groups is 1. The topological polar surface area (TPSA) is 43.1 Å². The highest BCUT2D eigenvalue weighted by molar-refractivity contribution is 9.10. The lowest BCUT2D eigenvalue weighted by Crippen LogP contribution is -1.85. The van der Waals surface area contributed by atoms with Crippen LogP contribution in [0.3, 0.4) is 0 Å². The van der Waals surface area contributed by atoms with E-state index in [0.717, 1.165) is 14.7 Å². The average Bonchev–Trinajstić information content (AvgIpc) is 2.47. The summed E-state index contributed by atoms with van der Waals surface area (Å²) in [5, 5.41) is 13.0. The molecule has 2 aromatic rings. The van der Waals surface area contributed by atoms with Crippen LogP contribution in [0.15, 0.2) is 22.0 Å². The van der Waals surface area contributed by atoms with Gasteiger partial charge in [-0.15, -0.1) is 11.3 Å². The zero-order chi connectivity index (χ0) is 10.3. The van der Waals surface area contributed by atoms with Gasteiger partial charge in [-0.05, 0) is 24.6 Å². The van der Waals surface area contributed by atoms with Crippen LogP contribution in [-0.2, 0) is 0 Å². The monoisotopic (exact) mass is 271 g/mol. The lowest BCUT2D eigenvalue weighted by molar-refractivity contribution is -0.382. The maximum Gasteiger partial charge on any atom is 0.287 e. The Balaban J connectivity index is 2.85. The fourth-order valence-corrected chi connectivity index (χ4v) is 2.95. The van der Waals surface area contributed by atoms with Gasteiger partial charge in [-0.1, -0.05) is 15.9 Å². The summed E-state index contributed by atoms with van der Waals surface area (Å²) in [4.78, 5) is 10.4. The second-order valence-corrected chi connectivity index (χ2v) is 4.77. The van der Waals surface area contributed by atoms with E-state index in [4.69, 9.17) is 0 Å². The second kappa shape index (κ2) is 3.33. The van der Waals surface area contributed by atoms with Gasteiger partial charge in [0.25, 0.3) is 5.69 Å². The molecule has 0 radical (unpaired) electrons. The summed E-state index contributed by atoms with van der Waals surface area (Å²) in [5.41, 5.74) is 1.25. The molecule has 0 bridgehead atoms. The standard InChI is InChI=1S/C9H6BrNO2S/c1-5-2-6(10)3-7-8(11(12)13)4-14-9(5)7/h2-4H,1H3. The third-order valence-corrected chi connectivity index (χ3v) is 3.58. The van der Waals surface area contributed by atoms with Crippen LogP contribution >= 0.6 is 27.3 Å². The molecule has 72 valence electrons. The lowest BCUT2D eigenvalue weighted by atomic mass is 10.2. The largest absolute Gasteiger partial charge is 0.287 e. The van der Waals surface area contributed by atoms with Crippen molar-refractivity contribution in [1.29, 1.82) is 0 Å². The molecule has 0 N–H and O–H groups in total. The van der Waals surface area contributed by atoms with Crippen molar-refractivity contribution in [2.24, 2.45) is 0 Å². The van der Waals surface area contributed by atoms with Crippen LogP contribution in [0, 0.1) is 17.0 Å². The summed E-state index contributed by atoms with van der Waals surface area (Å²) in [5.74, 6) is 0. The number of rotatable bonds is 1. The zero-order valence-corrected chi connectivity index (χ0v) is 9.68. The van der Waals surface area contributed by atoms with E-state index >= 15 is 0 Å². The molecule has 0 amide bonds. The smallest absolute Gasteiger partial charge is 0.258 e. The van der Waals surface area contributed by atoms with Gasteiger partial charge < -0.3 is 0 Å². The normalized spacial score (nSPS) is 10.7. The molecular weight excluding hydrogens is 266 g/mol. The Labute approximate surface area is 92.6 Å². The first-order valence-corrected chi connectivity index (χ1v) is 5.58. The third kappa shape index (κ3) is 1.42. The first-order valence-electron chi connectivity index (χ1n) is 3.91. The molecule has 0 aliphatic rings. The van der Waals surface area contributed by atoms with Gasteiger partial charge in [-0.2, -0.15) is 0 Å². The summed E-state index contributed by atoms with van der Waals surface area (Å²) >= 11 is 4.75. The van der Waals surface area contributed by atoms with E-state index in [1.54, 1.807) is 11.4 Å². The molecular formula is C9H6BrNO2S. The molecule has 0 fully saturated rings. The number of halogens is 1. The van der Waals surface area contributed by atoms with Crippen LogP contribution in [0.4, 0.5) is 5.69 Å². The van der Waals surface area contributed by atoms with Crippen LogP contribution in [0.5, 0.6) is 0 Å². The molecule has 0 saturated heterocycles. The molecule has 0 aliphatic heterocycles. The van der Waals surface area contributed by atoms with Gasteiger partial charge in [-0.25, -0.2) is 0 Å². The van der Waals surface area contributed by atoms with Gasteiger partial charge in [0.15, 0.2) is 0 Å². The van der Waals surface area contributed by atoms with Crippen LogP contribution in [0.2, 0.25) is 0 Å². The van der Waals surface area contributed by atoms with Gasteiger partial charge in [0.05, 0.1) is 15.7 Å². The Morgan fingerprint density at radius 1 is 1.50 bits per heavy atom. The molecule has 14 heavy (non-hydrogen) atoms. The van der Waals surface area contributed by atoms with E-state index < -0.39 is 0 Å². The molecule has 1 heterocycles. The van der Waals surface area contributed by atoms with Gasteiger partial charge in [0.1, 0.15) is 0 Å². The van der Waals surface area contributed by atoms with Crippen molar-refractivity contribution >= 4 is 43.0 Å². The predicted octanol–water partition coefficient (Wildman–Crippen LogP) is 3.88. The van der Waals surface area contributed by atoms with Gasteiger partial charge >= 0.3 is 0 Å². The molecule has 3 nitrogen and oxygen atoms in total. The Hall–Kier alpha value is -0.940. The molecule has 0 atom stereocenters. The Bertz CT molecular complexity index is 521. The minimum atomic E-state index is -0.343. The summed E-state index contributed by atoms with van der Waals surface area (Å²) in [6.45, 7) is 1.95. The minimum Gasteiger partial charge on any atom is -0.258 e. The number of hydrogen-bond donors (Lipinski definition) is 0. The highest BCUT2D eigenvalue weighted by Crippen LogP contribution is 2.35. The van der Waals surface area contributed by atoms with Gasteiger partial charge in [-0.3, -0.25) is 10.1 Å². The average molecular weight is 272 g/mol. The molecule has 0 aliphatic carbocycles. The van der Waals surface area contributed by atoms with Crippen LogP contribution < -0.4 is 0 Å². The number of aryl methyl sites for hydroxylation is 1. The van der Waals surface area contributed by atoms with Crippen molar-refractivity contribution in [2.75, 3.05) is 0 Å². The van der Waals surface area contributed by atoms with E-state index in [1.807, 2.05) is 13.0 Å². The van der Waals surface area contributed by atoms with E-state index in [1.165, 1.54) is 11.3 Å². The van der Waals surface area contributed by atoms with Gasteiger partial charge in [0.2, 0.25) is 0 Å². The first-order chi connectivity index (χ1) is 6.59. The fraction of sp³-hybridized carbons (Fsp3) is 0.111. The molecule has 1 aromatic heterocycles. The first kappa shape index (κ1) is 9.61. The molecule has 0 spiro atoms. The van der Waals surface area contributed by atoms with E-state index in [0.29, 0.717) is 5.39 Å². The SMILES string of the molecule is Cc1cc(Br)cc2c([N+](=O)[O-])csc12. The fourth-order valence-electron chi connectivity index (χ4n) is 1.40. The molecule has 5 heteroatoms. The quantitative estimate of drug-likeness (QED) is 0.584. The number of thiophene rings is 1. The summed E-state index contributed by atoms with van der Waals surface area (Å²) in [6, 6.07) is 3.75. The minimum absolute atomic E-state index is 0.189. The Kier molecular flexibility index (Phi) is 2.28. The van der Waals surface area contributed by atoms with Crippen molar-refractivity contribution in [3.63, 3.8) is 0 Å². The highest BCUT2D eigenvalue weighted by atomic mass is 79.9. The molecule has 2 rings (SSSR count). The maximum atomic E-state index is 10.7. The number of nitrogens with zero attached hydrogens (tertiary/aromatic N) is 1. The Morgan fingerprint density at radius 3 is 2.86 bits per heavy atom. The van der Waals surface area contributed by atoms with E-state index in [2.05, 4.69) is 15.9 Å². The van der Waals surface area contributed by atoms with E-state index in [-0.39, 0.29) is 10.6 Å². The second-order valence-electron chi connectivity index (χ2n) is 2.98. The van der Waals surface area contributed by atoms with Crippen molar-refractivity contribution in [1.82, 2.24) is 0 Å². The number of hydrogen-bond acceptors (Lipinski definition) is 3.